The summed E-state index contributed by atoms with van der Waals surface area (Å²) < 4.78 is 4.54. The van der Waals surface area contributed by atoms with Crippen LogP contribution in [0, 0.1) is 0 Å². The van der Waals surface area contributed by atoms with E-state index in [1.807, 2.05) is 13.2 Å². The van der Waals surface area contributed by atoms with Crippen molar-refractivity contribution < 1.29 is 14.3 Å². The second-order valence-electron chi connectivity index (χ2n) is 3.63. The van der Waals surface area contributed by atoms with Gasteiger partial charge in [0.15, 0.2) is 0 Å². The molecule has 0 aliphatic heterocycles. The van der Waals surface area contributed by atoms with E-state index in [9.17, 15) is 9.59 Å². The first-order valence-corrected chi connectivity index (χ1v) is 7.06. The molecule has 1 unspecified atom stereocenters. The first-order valence-electron chi connectivity index (χ1n) is 5.66. The minimum Gasteiger partial charge on any atom is -0.469 e. The normalized spacial score (nSPS) is 12.0. The summed E-state index contributed by atoms with van der Waals surface area (Å²) in [6.45, 7) is 2.80. The van der Waals surface area contributed by atoms with Crippen LogP contribution < -0.4 is 5.73 Å². The highest BCUT2D eigenvalue weighted by Gasteiger charge is 2.19. The highest BCUT2D eigenvalue weighted by Crippen LogP contribution is 2.03. The zero-order valence-electron chi connectivity index (χ0n) is 10.8. The van der Waals surface area contributed by atoms with Gasteiger partial charge in [-0.1, -0.05) is 0 Å². The highest BCUT2D eigenvalue weighted by molar-refractivity contribution is 7.98. The van der Waals surface area contributed by atoms with Crippen LogP contribution in [0.1, 0.15) is 19.8 Å². The molecule has 0 fully saturated rings. The van der Waals surface area contributed by atoms with Crippen molar-refractivity contribution in [2.24, 2.45) is 5.73 Å². The third-order valence-electron chi connectivity index (χ3n) is 2.46. The van der Waals surface area contributed by atoms with Gasteiger partial charge in [0.1, 0.15) is 0 Å². The molecule has 0 spiro atoms. The molecule has 0 aromatic carbocycles. The van der Waals surface area contributed by atoms with Crippen molar-refractivity contribution in [1.82, 2.24) is 4.90 Å². The highest BCUT2D eigenvalue weighted by atomic mass is 32.2. The van der Waals surface area contributed by atoms with E-state index >= 15 is 0 Å². The summed E-state index contributed by atoms with van der Waals surface area (Å²) in [4.78, 5) is 24.5. The molecule has 2 N–H and O–H groups in total. The Kier molecular flexibility index (Phi) is 8.89. The van der Waals surface area contributed by atoms with Crippen molar-refractivity contribution in [2.45, 2.75) is 25.8 Å². The molecule has 100 valence electrons. The summed E-state index contributed by atoms with van der Waals surface area (Å²) in [5.74, 6) is 0.459. The molecule has 17 heavy (non-hydrogen) atoms. The molecule has 0 radical (unpaired) electrons. The summed E-state index contributed by atoms with van der Waals surface area (Å²) in [5, 5.41) is 0. The fourth-order valence-electron chi connectivity index (χ4n) is 1.36. The Balaban J connectivity index is 4.15. The lowest BCUT2D eigenvalue weighted by Gasteiger charge is -2.23. The monoisotopic (exact) mass is 262 g/mol. The molecule has 5 nitrogen and oxygen atoms in total. The quantitative estimate of drug-likeness (QED) is 0.644. The summed E-state index contributed by atoms with van der Waals surface area (Å²) in [5.41, 5.74) is 5.80. The third kappa shape index (κ3) is 6.53. The van der Waals surface area contributed by atoms with Crippen LogP contribution in [0.3, 0.4) is 0 Å². The van der Waals surface area contributed by atoms with Crippen LogP contribution >= 0.6 is 11.8 Å². The summed E-state index contributed by atoms with van der Waals surface area (Å²) >= 11 is 1.66. The van der Waals surface area contributed by atoms with E-state index in [1.54, 1.807) is 16.7 Å². The predicted molar refractivity (Wildman–Crippen MR) is 69.9 cm³/mol. The second-order valence-corrected chi connectivity index (χ2v) is 4.62. The van der Waals surface area contributed by atoms with Crippen molar-refractivity contribution in [1.29, 1.82) is 0 Å². The van der Waals surface area contributed by atoms with Crippen molar-refractivity contribution in [3.05, 3.63) is 0 Å². The Bertz CT molecular complexity index is 249. The number of likely N-dealkylation sites (N-methyl/N-ethyl adjacent to an activating group) is 1. The average Bonchev–Trinajstić information content (AvgIpc) is 2.35. The van der Waals surface area contributed by atoms with Gasteiger partial charge >= 0.3 is 5.97 Å². The zero-order valence-corrected chi connectivity index (χ0v) is 11.6. The number of nitrogens with zero attached hydrogens (tertiary/aromatic N) is 1. The molecule has 1 amide bonds. The van der Waals surface area contributed by atoms with Gasteiger partial charge in [-0.2, -0.15) is 11.8 Å². The van der Waals surface area contributed by atoms with Gasteiger partial charge in [-0.25, -0.2) is 0 Å². The predicted octanol–water partition coefficient (Wildman–Crippen LogP) is 0.478. The van der Waals surface area contributed by atoms with Gasteiger partial charge in [0.05, 0.1) is 19.6 Å². The summed E-state index contributed by atoms with van der Waals surface area (Å²) in [6, 6.07) is -0.472. The standard InChI is InChI=1S/C11H22N2O3S/c1-4-13(7-5-10(14)16-2)11(15)9(12)6-8-17-3/h9H,4-8,12H2,1-3H3. The number of nitrogens with two attached hydrogens (primary N) is 1. The van der Waals surface area contributed by atoms with Crippen LogP contribution in [-0.4, -0.2) is 55.0 Å². The van der Waals surface area contributed by atoms with Crippen LogP contribution in [0.25, 0.3) is 0 Å². The lowest BCUT2D eigenvalue weighted by Crippen LogP contribution is -2.44. The van der Waals surface area contributed by atoms with Crippen LogP contribution in [0.2, 0.25) is 0 Å². The van der Waals surface area contributed by atoms with Gasteiger partial charge in [-0.15, -0.1) is 0 Å². The fraction of sp³-hybridized carbons (Fsp3) is 0.818. The molecule has 0 aromatic heterocycles. The number of hydrogen-bond acceptors (Lipinski definition) is 5. The van der Waals surface area contributed by atoms with Gasteiger partial charge in [0.25, 0.3) is 0 Å². The van der Waals surface area contributed by atoms with Crippen molar-refractivity contribution in [3.8, 4) is 0 Å². The number of thioether (sulfide) groups is 1. The fourth-order valence-corrected chi connectivity index (χ4v) is 1.84. The molecule has 0 heterocycles. The van der Waals surface area contributed by atoms with Crippen molar-refractivity contribution in [3.63, 3.8) is 0 Å². The van der Waals surface area contributed by atoms with Crippen LogP contribution in [0.15, 0.2) is 0 Å². The Morgan fingerprint density at radius 2 is 2.12 bits per heavy atom. The Labute approximate surface area is 107 Å². The minimum atomic E-state index is -0.472. The van der Waals surface area contributed by atoms with E-state index < -0.39 is 6.04 Å². The van der Waals surface area contributed by atoms with Gasteiger partial charge in [-0.05, 0) is 25.4 Å². The van der Waals surface area contributed by atoms with Crippen LogP contribution in [-0.2, 0) is 14.3 Å². The maximum Gasteiger partial charge on any atom is 0.307 e. The van der Waals surface area contributed by atoms with E-state index in [0.29, 0.717) is 19.5 Å². The molecule has 0 saturated heterocycles. The van der Waals surface area contributed by atoms with E-state index in [0.717, 1.165) is 5.75 Å². The van der Waals surface area contributed by atoms with Crippen LogP contribution in [0.4, 0.5) is 0 Å². The van der Waals surface area contributed by atoms with Crippen molar-refractivity contribution >= 4 is 23.6 Å². The Morgan fingerprint density at radius 3 is 2.59 bits per heavy atom. The topological polar surface area (TPSA) is 72.6 Å². The van der Waals surface area contributed by atoms with Gasteiger partial charge < -0.3 is 15.4 Å². The van der Waals surface area contributed by atoms with Crippen molar-refractivity contribution in [2.75, 3.05) is 32.2 Å². The minimum absolute atomic E-state index is 0.0922. The maximum absolute atomic E-state index is 11.9. The number of carbonyl (C=O) groups excluding carboxylic acids is 2. The molecule has 0 aliphatic rings. The number of methoxy groups -OCH3 is 1. The molecule has 6 heteroatoms. The van der Waals surface area contributed by atoms with E-state index in [2.05, 4.69) is 4.74 Å². The number of esters is 1. The number of ether oxygens (including phenoxy) is 1. The molecule has 0 saturated carbocycles. The first-order chi connectivity index (χ1) is 8.06. The largest absolute Gasteiger partial charge is 0.469 e. The second kappa shape index (κ2) is 9.30. The molecule has 0 bridgehead atoms. The first kappa shape index (κ1) is 16.2. The molecular weight excluding hydrogens is 240 g/mol. The van der Waals surface area contributed by atoms with Crippen LogP contribution in [0.5, 0.6) is 0 Å². The molecule has 1 atom stereocenters. The molecule has 0 aromatic rings. The average molecular weight is 262 g/mol. The lowest BCUT2D eigenvalue weighted by atomic mass is 10.2. The Hall–Kier alpha value is -0.750. The summed E-state index contributed by atoms with van der Waals surface area (Å²) in [6.07, 6.45) is 2.85. The third-order valence-corrected chi connectivity index (χ3v) is 3.10. The maximum atomic E-state index is 11.9. The molecule has 0 rings (SSSR count). The van der Waals surface area contributed by atoms with Gasteiger partial charge in [0, 0.05) is 13.1 Å². The summed E-state index contributed by atoms with van der Waals surface area (Å²) in [7, 11) is 1.34. The smallest absolute Gasteiger partial charge is 0.307 e. The SMILES string of the molecule is CCN(CCC(=O)OC)C(=O)C(N)CCSC. The number of hydrogen-bond donors (Lipinski definition) is 1. The van der Waals surface area contributed by atoms with E-state index in [4.69, 9.17) is 5.73 Å². The zero-order chi connectivity index (χ0) is 13.3. The Morgan fingerprint density at radius 1 is 1.47 bits per heavy atom. The number of amides is 1. The number of rotatable bonds is 8. The van der Waals surface area contributed by atoms with Gasteiger partial charge in [-0.3, -0.25) is 9.59 Å². The number of carbonyl (C=O) groups is 2. The van der Waals surface area contributed by atoms with E-state index in [-0.39, 0.29) is 18.3 Å². The van der Waals surface area contributed by atoms with E-state index in [1.165, 1.54) is 7.11 Å². The lowest BCUT2D eigenvalue weighted by molar-refractivity contribution is -0.141. The van der Waals surface area contributed by atoms with Gasteiger partial charge in [0.2, 0.25) is 5.91 Å². The molecule has 0 aliphatic carbocycles. The molecular formula is C11H22N2O3S.